The van der Waals surface area contributed by atoms with Crippen molar-refractivity contribution in [2.75, 3.05) is 19.1 Å². The molecule has 0 aromatic heterocycles. The van der Waals surface area contributed by atoms with Crippen LogP contribution in [0.4, 0.5) is 17.6 Å². The lowest BCUT2D eigenvalue weighted by molar-refractivity contribution is 0.156. The Labute approximate surface area is 191 Å². The van der Waals surface area contributed by atoms with Gasteiger partial charge in [0.05, 0.1) is 0 Å². The lowest BCUT2D eigenvalue weighted by Gasteiger charge is -2.30. The highest BCUT2D eigenvalue weighted by atomic mass is 32.2. The van der Waals surface area contributed by atoms with Crippen LogP contribution in [-0.2, 0) is 16.4 Å². The van der Waals surface area contributed by atoms with Gasteiger partial charge in [-0.1, -0.05) is 30.3 Å². The molecule has 178 valence electrons. The summed E-state index contributed by atoms with van der Waals surface area (Å²) in [5, 5.41) is 0. The molecule has 33 heavy (non-hydrogen) atoms. The first-order chi connectivity index (χ1) is 15.6. The van der Waals surface area contributed by atoms with Gasteiger partial charge in [-0.2, -0.15) is 0 Å². The molecule has 0 bridgehead atoms. The number of likely N-dealkylation sites (tertiary alicyclic amines) is 1. The minimum absolute atomic E-state index is 0.0132. The fourth-order valence-electron chi connectivity index (χ4n) is 5.22. The first-order valence-corrected chi connectivity index (χ1v) is 12.8. The largest absolute Gasteiger partial charge is 0.295 e. The summed E-state index contributed by atoms with van der Waals surface area (Å²) < 4.78 is 84.7. The second-order valence-electron chi connectivity index (χ2n) is 9.80. The monoisotopic (exact) mass is 482 g/mol. The maximum atomic E-state index is 15.6. The summed E-state index contributed by atoms with van der Waals surface area (Å²) in [6.45, 7) is 0.557. The first-order valence-electron chi connectivity index (χ1n) is 11.2. The predicted molar refractivity (Wildman–Crippen MR) is 117 cm³/mol. The molecule has 2 aliphatic carbocycles. The smallest absolute Gasteiger partial charge is 0.241 e. The molecule has 5 rings (SSSR count). The summed E-state index contributed by atoms with van der Waals surface area (Å²) in [4.78, 5) is 1.86. The van der Waals surface area contributed by atoms with E-state index in [0.29, 0.717) is 24.9 Å². The Bertz CT molecular complexity index is 1150. The Morgan fingerprint density at radius 2 is 1.76 bits per heavy atom. The number of hydrogen-bond donors (Lipinski definition) is 1. The zero-order valence-electron chi connectivity index (χ0n) is 18.0. The Morgan fingerprint density at radius 3 is 2.36 bits per heavy atom. The van der Waals surface area contributed by atoms with Crippen LogP contribution >= 0.6 is 0 Å². The topological polar surface area (TPSA) is 49.4 Å². The molecule has 1 saturated heterocycles. The molecule has 2 aromatic rings. The zero-order chi connectivity index (χ0) is 23.4. The predicted octanol–water partition coefficient (Wildman–Crippen LogP) is 4.36. The second-order valence-corrected chi connectivity index (χ2v) is 11.5. The van der Waals surface area contributed by atoms with Gasteiger partial charge < -0.3 is 0 Å². The Kier molecular flexibility index (Phi) is 5.57. The average molecular weight is 483 g/mol. The number of sulfonamides is 1. The molecule has 3 fully saturated rings. The van der Waals surface area contributed by atoms with E-state index in [4.69, 9.17) is 0 Å². The minimum atomic E-state index is -4.18. The van der Waals surface area contributed by atoms with Gasteiger partial charge in [0.2, 0.25) is 16.0 Å². The second kappa shape index (κ2) is 8.06. The van der Waals surface area contributed by atoms with E-state index in [2.05, 4.69) is 4.72 Å². The third kappa shape index (κ3) is 4.55. The molecule has 1 heterocycles. The number of benzene rings is 2. The minimum Gasteiger partial charge on any atom is -0.295 e. The van der Waals surface area contributed by atoms with Crippen LogP contribution in [0.3, 0.4) is 0 Å². The molecule has 9 heteroatoms. The van der Waals surface area contributed by atoms with Gasteiger partial charge in [-0.25, -0.2) is 30.7 Å². The van der Waals surface area contributed by atoms with E-state index < -0.39 is 50.8 Å². The Balaban J connectivity index is 1.51. The van der Waals surface area contributed by atoms with Crippen LogP contribution in [0, 0.1) is 17.0 Å². The Hall–Kier alpha value is -1.97. The van der Waals surface area contributed by atoms with Gasteiger partial charge >= 0.3 is 0 Å². The highest BCUT2D eigenvalue weighted by molar-refractivity contribution is 7.89. The van der Waals surface area contributed by atoms with E-state index in [1.165, 1.54) is 0 Å². The molecule has 2 atom stereocenters. The fraction of sp³-hybridized carbons (Fsp3) is 0.500. The van der Waals surface area contributed by atoms with Gasteiger partial charge in [0.25, 0.3) is 0 Å². The van der Waals surface area contributed by atoms with Gasteiger partial charge in [-0.05, 0) is 55.4 Å². The number of alkyl halides is 2. The molecule has 0 unspecified atom stereocenters. The molecule has 1 aliphatic heterocycles. The number of nitrogens with zero attached hydrogens (tertiary/aromatic N) is 1. The lowest BCUT2D eigenvalue weighted by Crippen LogP contribution is -2.50. The molecule has 2 saturated carbocycles. The number of rotatable bonds is 8. The van der Waals surface area contributed by atoms with Crippen molar-refractivity contribution in [1.82, 2.24) is 9.62 Å². The number of hydrogen-bond acceptors (Lipinski definition) is 3. The van der Waals surface area contributed by atoms with Crippen LogP contribution in [-0.4, -0.2) is 50.2 Å². The third-order valence-corrected chi connectivity index (χ3v) is 8.18. The molecule has 1 N–H and O–H groups in total. The third-order valence-electron chi connectivity index (χ3n) is 7.28. The van der Waals surface area contributed by atoms with E-state index in [0.717, 1.165) is 25.0 Å². The first kappa shape index (κ1) is 22.8. The molecule has 0 amide bonds. The summed E-state index contributed by atoms with van der Waals surface area (Å²) in [5.74, 6) is -1.20. The van der Waals surface area contributed by atoms with Crippen molar-refractivity contribution in [2.45, 2.75) is 49.9 Å². The van der Waals surface area contributed by atoms with Crippen molar-refractivity contribution in [2.24, 2.45) is 5.41 Å². The Morgan fingerprint density at radius 1 is 1.06 bits per heavy atom. The highest BCUT2D eigenvalue weighted by Crippen LogP contribution is 2.56. The summed E-state index contributed by atoms with van der Waals surface area (Å²) in [6, 6.07) is 7.98. The normalized spacial score (nSPS) is 25.5. The van der Waals surface area contributed by atoms with Crippen molar-refractivity contribution in [1.29, 1.82) is 0 Å². The molecular formula is C24H26F4N2O2S. The molecule has 1 spiro atoms. The van der Waals surface area contributed by atoms with Crippen LogP contribution in [0.1, 0.15) is 31.2 Å². The summed E-state index contributed by atoms with van der Waals surface area (Å²) in [7, 11) is -4.18. The number of halogens is 4. The molecule has 0 radical (unpaired) electrons. The van der Waals surface area contributed by atoms with Crippen LogP contribution < -0.4 is 4.72 Å². The van der Waals surface area contributed by atoms with Crippen LogP contribution in [0.5, 0.6) is 0 Å². The number of nitrogens with one attached hydrogen (secondary N) is 1. The van der Waals surface area contributed by atoms with E-state index in [-0.39, 0.29) is 24.1 Å². The van der Waals surface area contributed by atoms with E-state index >= 15 is 4.39 Å². The quantitative estimate of drug-likeness (QED) is 0.569. The van der Waals surface area contributed by atoms with Crippen molar-refractivity contribution in [3.05, 3.63) is 59.7 Å². The maximum Gasteiger partial charge on any atom is 0.241 e. The van der Waals surface area contributed by atoms with E-state index in [1.54, 1.807) is 30.3 Å². The van der Waals surface area contributed by atoms with Crippen molar-refractivity contribution >= 4 is 10.0 Å². The van der Waals surface area contributed by atoms with Gasteiger partial charge in [-0.3, -0.25) is 4.90 Å². The van der Waals surface area contributed by atoms with Crippen LogP contribution in [0.2, 0.25) is 0 Å². The summed E-state index contributed by atoms with van der Waals surface area (Å²) in [6.07, 6.45) is 2.28. The van der Waals surface area contributed by atoms with Gasteiger partial charge in [0.15, 0.2) is 0 Å². The van der Waals surface area contributed by atoms with Crippen LogP contribution in [0.25, 0.3) is 11.1 Å². The maximum absolute atomic E-state index is 15.6. The van der Waals surface area contributed by atoms with E-state index in [9.17, 15) is 21.6 Å². The van der Waals surface area contributed by atoms with Crippen molar-refractivity contribution in [3.8, 4) is 11.1 Å². The van der Waals surface area contributed by atoms with E-state index in [1.807, 2.05) is 4.90 Å². The highest BCUT2D eigenvalue weighted by Gasteiger charge is 2.61. The summed E-state index contributed by atoms with van der Waals surface area (Å²) in [5.41, 5.74) is -1.04. The van der Waals surface area contributed by atoms with Gasteiger partial charge in [0, 0.05) is 36.2 Å². The molecule has 4 nitrogen and oxygen atoms in total. The van der Waals surface area contributed by atoms with Crippen molar-refractivity contribution < 1.29 is 26.0 Å². The summed E-state index contributed by atoms with van der Waals surface area (Å²) >= 11 is 0. The van der Waals surface area contributed by atoms with Crippen LogP contribution in [0.15, 0.2) is 42.5 Å². The zero-order valence-corrected chi connectivity index (χ0v) is 18.9. The SMILES string of the molecule is O=S(=O)(CF)N[C@@H]1[C@H](Cc2cc(F)cc(-c3ccccc3)c2F)N(CC2(F)CC2)CC12CC2. The van der Waals surface area contributed by atoms with Gasteiger partial charge in [-0.15, -0.1) is 0 Å². The molecule has 2 aromatic carbocycles. The lowest BCUT2D eigenvalue weighted by atomic mass is 9.91. The standard InChI is InChI=1S/C24H26F4N2O2S/c25-15-33(31,32)29-22-20(30(13-23(22)6-7-23)14-24(28)8-9-24)11-17-10-18(26)12-19(21(17)27)16-4-2-1-3-5-16/h1-5,10,12,20,22,29H,6-9,11,13-15H2/t20-,22+/m0/s1. The van der Waals surface area contributed by atoms with Crippen molar-refractivity contribution in [3.63, 3.8) is 0 Å². The average Bonchev–Trinajstić information content (AvgIpc) is 3.70. The molecule has 3 aliphatic rings. The fourth-order valence-corrected chi connectivity index (χ4v) is 6.08. The molecular weight excluding hydrogens is 456 g/mol. The van der Waals surface area contributed by atoms with Gasteiger partial charge in [0.1, 0.15) is 17.3 Å².